The van der Waals surface area contributed by atoms with Gasteiger partial charge in [0.1, 0.15) is 0 Å². The molecule has 1 aliphatic rings. The molecule has 1 amide bonds. The van der Waals surface area contributed by atoms with E-state index >= 15 is 0 Å². The number of rotatable bonds is 6. The molecule has 0 atom stereocenters. The van der Waals surface area contributed by atoms with Crippen LogP contribution in [0, 0.1) is 5.92 Å². The van der Waals surface area contributed by atoms with Crippen molar-refractivity contribution >= 4 is 5.91 Å². The predicted octanol–water partition coefficient (Wildman–Crippen LogP) is 2.76. The quantitative estimate of drug-likeness (QED) is 0.727. The highest BCUT2D eigenvalue weighted by molar-refractivity contribution is 5.76. The second-order valence-corrected chi connectivity index (χ2v) is 5.69. The van der Waals surface area contributed by atoms with Crippen LogP contribution < -0.4 is 0 Å². The van der Waals surface area contributed by atoms with Crippen LogP contribution in [0.1, 0.15) is 52.4 Å². The van der Waals surface area contributed by atoms with Crippen molar-refractivity contribution < 1.29 is 4.79 Å². The molecular weight excluding hydrogens is 224 g/mol. The molecule has 0 spiro atoms. The van der Waals surface area contributed by atoms with Gasteiger partial charge in [-0.3, -0.25) is 4.79 Å². The first-order valence-corrected chi connectivity index (χ1v) is 7.63. The largest absolute Gasteiger partial charge is 0.341 e. The summed E-state index contributed by atoms with van der Waals surface area (Å²) in [7, 11) is 2.14. The Bertz CT molecular complexity index is 237. The van der Waals surface area contributed by atoms with Crippen molar-refractivity contribution in [2.24, 2.45) is 5.92 Å². The Hall–Kier alpha value is -0.570. The monoisotopic (exact) mass is 254 g/mol. The highest BCUT2D eigenvalue weighted by atomic mass is 16.2. The maximum Gasteiger partial charge on any atom is 0.222 e. The van der Waals surface area contributed by atoms with Crippen molar-refractivity contribution in [2.45, 2.75) is 52.4 Å². The molecule has 1 aliphatic heterocycles. The minimum atomic E-state index is 0.386. The summed E-state index contributed by atoms with van der Waals surface area (Å²) in [5, 5.41) is 0. The van der Waals surface area contributed by atoms with Gasteiger partial charge < -0.3 is 9.80 Å². The van der Waals surface area contributed by atoms with Gasteiger partial charge in [0.05, 0.1) is 0 Å². The summed E-state index contributed by atoms with van der Waals surface area (Å²) < 4.78 is 0. The Morgan fingerprint density at radius 2 is 1.72 bits per heavy atom. The maximum atomic E-state index is 12.3. The summed E-state index contributed by atoms with van der Waals surface area (Å²) >= 11 is 0. The zero-order chi connectivity index (χ0) is 13.4. The Kier molecular flexibility index (Phi) is 7.33. The van der Waals surface area contributed by atoms with E-state index in [9.17, 15) is 4.79 Å². The molecule has 3 nitrogen and oxygen atoms in total. The van der Waals surface area contributed by atoms with E-state index in [0.29, 0.717) is 11.8 Å². The normalized spacial score (nSPS) is 18.1. The smallest absolute Gasteiger partial charge is 0.222 e. The molecular formula is C15H30N2O. The van der Waals surface area contributed by atoms with Gasteiger partial charge in [0.15, 0.2) is 0 Å². The Balaban J connectivity index is 2.41. The van der Waals surface area contributed by atoms with Crippen molar-refractivity contribution in [3.8, 4) is 0 Å². The fraction of sp³-hybridized carbons (Fsp3) is 0.933. The van der Waals surface area contributed by atoms with Gasteiger partial charge in [0, 0.05) is 26.1 Å². The number of amides is 1. The molecule has 1 saturated heterocycles. The molecule has 0 aliphatic carbocycles. The van der Waals surface area contributed by atoms with E-state index in [1.165, 1.54) is 25.7 Å². The number of hydrogen-bond acceptors (Lipinski definition) is 2. The lowest BCUT2D eigenvalue weighted by Gasteiger charge is -2.23. The molecule has 0 aromatic heterocycles. The van der Waals surface area contributed by atoms with Crippen LogP contribution in [-0.2, 0) is 4.79 Å². The van der Waals surface area contributed by atoms with Crippen molar-refractivity contribution in [3.63, 3.8) is 0 Å². The van der Waals surface area contributed by atoms with Crippen LogP contribution >= 0.6 is 0 Å². The van der Waals surface area contributed by atoms with E-state index in [-0.39, 0.29) is 0 Å². The highest BCUT2D eigenvalue weighted by Crippen LogP contribution is 2.19. The average Bonchev–Trinajstić information content (AvgIpc) is 2.54. The van der Waals surface area contributed by atoms with E-state index in [0.717, 1.165) is 39.0 Å². The van der Waals surface area contributed by atoms with Gasteiger partial charge in [-0.1, -0.05) is 39.5 Å². The number of likely N-dealkylation sites (N-methyl/N-ethyl adjacent to an activating group) is 1. The molecule has 1 fully saturated rings. The van der Waals surface area contributed by atoms with E-state index in [2.05, 4.69) is 30.7 Å². The zero-order valence-electron chi connectivity index (χ0n) is 12.5. The van der Waals surface area contributed by atoms with Gasteiger partial charge in [-0.15, -0.1) is 0 Å². The first-order valence-electron chi connectivity index (χ1n) is 7.63. The number of carbonyl (C=O) groups excluding carboxylic acids is 1. The summed E-state index contributed by atoms with van der Waals surface area (Å²) in [5.41, 5.74) is 0. The third-order valence-corrected chi connectivity index (χ3v) is 3.93. The molecule has 0 N–H and O–H groups in total. The molecule has 0 unspecified atom stereocenters. The number of nitrogens with zero attached hydrogens (tertiary/aromatic N) is 2. The number of carbonyl (C=O) groups is 1. The summed E-state index contributed by atoms with van der Waals surface area (Å²) in [6.45, 7) is 8.45. The first kappa shape index (κ1) is 15.5. The van der Waals surface area contributed by atoms with Crippen LogP contribution in [0.4, 0.5) is 0 Å². The SMILES string of the molecule is CCCC(CCC)CC(=O)N1CCCN(C)CC1. The molecule has 0 aromatic rings. The van der Waals surface area contributed by atoms with E-state index < -0.39 is 0 Å². The van der Waals surface area contributed by atoms with Crippen molar-refractivity contribution in [3.05, 3.63) is 0 Å². The summed E-state index contributed by atoms with van der Waals surface area (Å²) in [5.74, 6) is 0.991. The summed E-state index contributed by atoms with van der Waals surface area (Å²) in [6.07, 6.45) is 6.68. The predicted molar refractivity (Wildman–Crippen MR) is 76.6 cm³/mol. The van der Waals surface area contributed by atoms with Crippen LogP contribution in [0.15, 0.2) is 0 Å². The van der Waals surface area contributed by atoms with E-state index in [1.807, 2.05) is 0 Å². The van der Waals surface area contributed by atoms with Crippen LogP contribution in [0.2, 0.25) is 0 Å². The van der Waals surface area contributed by atoms with Crippen molar-refractivity contribution in [1.29, 1.82) is 0 Å². The standard InChI is InChI=1S/C15H30N2O/c1-4-7-14(8-5-2)13-15(18)17-10-6-9-16(3)11-12-17/h14H,4-13H2,1-3H3. The van der Waals surface area contributed by atoms with Crippen LogP contribution in [0.5, 0.6) is 0 Å². The van der Waals surface area contributed by atoms with Crippen LogP contribution in [-0.4, -0.2) is 48.9 Å². The molecule has 0 saturated carbocycles. The fourth-order valence-corrected chi connectivity index (χ4v) is 2.84. The molecule has 3 heteroatoms. The lowest BCUT2D eigenvalue weighted by molar-refractivity contribution is -0.132. The minimum absolute atomic E-state index is 0.386. The lowest BCUT2D eigenvalue weighted by Crippen LogP contribution is -2.35. The summed E-state index contributed by atoms with van der Waals surface area (Å²) in [4.78, 5) is 16.7. The van der Waals surface area contributed by atoms with Crippen LogP contribution in [0.25, 0.3) is 0 Å². The summed E-state index contributed by atoms with van der Waals surface area (Å²) in [6, 6.07) is 0. The number of hydrogen-bond donors (Lipinski definition) is 0. The van der Waals surface area contributed by atoms with E-state index in [4.69, 9.17) is 0 Å². The van der Waals surface area contributed by atoms with Crippen molar-refractivity contribution in [2.75, 3.05) is 33.2 Å². The van der Waals surface area contributed by atoms with Crippen molar-refractivity contribution in [1.82, 2.24) is 9.80 Å². The minimum Gasteiger partial charge on any atom is -0.341 e. The van der Waals surface area contributed by atoms with Gasteiger partial charge in [0.2, 0.25) is 5.91 Å². The second-order valence-electron chi connectivity index (χ2n) is 5.69. The molecule has 1 heterocycles. The van der Waals surface area contributed by atoms with Crippen LogP contribution in [0.3, 0.4) is 0 Å². The van der Waals surface area contributed by atoms with Gasteiger partial charge in [-0.25, -0.2) is 0 Å². The Labute approximate surface area is 113 Å². The van der Waals surface area contributed by atoms with Gasteiger partial charge in [-0.05, 0) is 25.9 Å². The molecule has 106 valence electrons. The van der Waals surface area contributed by atoms with E-state index in [1.54, 1.807) is 0 Å². The third-order valence-electron chi connectivity index (χ3n) is 3.93. The molecule has 0 bridgehead atoms. The topological polar surface area (TPSA) is 23.6 Å². The molecule has 0 radical (unpaired) electrons. The molecule has 18 heavy (non-hydrogen) atoms. The Morgan fingerprint density at radius 3 is 2.33 bits per heavy atom. The van der Waals surface area contributed by atoms with Gasteiger partial charge in [0.25, 0.3) is 0 Å². The Morgan fingerprint density at radius 1 is 1.06 bits per heavy atom. The maximum absolute atomic E-state index is 12.3. The highest BCUT2D eigenvalue weighted by Gasteiger charge is 2.20. The third kappa shape index (κ3) is 5.38. The fourth-order valence-electron chi connectivity index (χ4n) is 2.84. The molecule has 0 aromatic carbocycles. The zero-order valence-corrected chi connectivity index (χ0v) is 12.5. The first-order chi connectivity index (χ1) is 8.67. The average molecular weight is 254 g/mol. The van der Waals surface area contributed by atoms with Gasteiger partial charge in [-0.2, -0.15) is 0 Å². The lowest BCUT2D eigenvalue weighted by atomic mass is 9.94. The van der Waals surface area contributed by atoms with Gasteiger partial charge >= 0.3 is 0 Å². The second kappa shape index (κ2) is 8.52. The molecule has 1 rings (SSSR count).